The van der Waals surface area contributed by atoms with Crippen molar-refractivity contribution in [1.29, 1.82) is 0 Å². The minimum atomic E-state index is -0.460. The highest BCUT2D eigenvalue weighted by Crippen LogP contribution is 2.30. The number of Topliss-reactive ketones (excluding diaryl/α,β-unsaturated/α-hetero) is 1. The second kappa shape index (κ2) is 8.21. The van der Waals surface area contributed by atoms with Gasteiger partial charge in [0, 0.05) is 5.56 Å². The molecule has 4 rings (SSSR count). The van der Waals surface area contributed by atoms with E-state index < -0.39 is 11.8 Å². The van der Waals surface area contributed by atoms with E-state index in [0.29, 0.717) is 34.8 Å². The molecule has 0 atom stereocenters. The maximum Gasteiger partial charge on any atom is 0.261 e. The molecule has 0 N–H and O–H groups in total. The number of imide groups is 1. The molecule has 0 saturated heterocycles. The molecule has 0 fully saturated rings. The molecule has 0 aromatic heterocycles. The number of benzene rings is 3. The zero-order valence-corrected chi connectivity index (χ0v) is 16.3. The van der Waals surface area contributed by atoms with E-state index >= 15 is 0 Å². The molecule has 0 unspecified atom stereocenters. The quantitative estimate of drug-likeness (QED) is 0.445. The van der Waals surface area contributed by atoms with Crippen molar-refractivity contribution in [2.45, 2.75) is 6.61 Å². The minimum absolute atomic E-state index is 0.317. The van der Waals surface area contributed by atoms with E-state index in [-0.39, 0.29) is 12.3 Å². The predicted octanol–water partition coefficient (Wildman–Crippen LogP) is 3.75. The van der Waals surface area contributed by atoms with Crippen LogP contribution < -0.4 is 9.47 Å². The number of hydrogen-bond acceptors (Lipinski definition) is 5. The molecule has 150 valence electrons. The Balaban J connectivity index is 1.48. The topological polar surface area (TPSA) is 72.9 Å². The average Bonchev–Trinajstić information content (AvgIpc) is 3.03. The minimum Gasteiger partial charge on any atom is -0.493 e. The van der Waals surface area contributed by atoms with Gasteiger partial charge in [-0.1, -0.05) is 42.5 Å². The summed E-state index contributed by atoms with van der Waals surface area (Å²) in [6.07, 6.45) is 0. The summed E-state index contributed by atoms with van der Waals surface area (Å²) in [6.45, 7) is 0.0270. The van der Waals surface area contributed by atoms with Gasteiger partial charge in [0.15, 0.2) is 17.3 Å². The predicted molar refractivity (Wildman–Crippen MR) is 110 cm³/mol. The molecule has 2 amide bonds. The molecule has 30 heavy (non-hydrogen) atoms. The van der Waals surface area contributed by atoms with Gasteiger partial charge in [-0.25, -0.2) is 0 Å². The van der Waals surface area contributed by atoms with E-state index in [1.807, 2.05) is 30.3 Å². The summed E-state index contributed by atoms with van der Waals surface area (Å²) in [5.41, 5.74) is 1.97. The van der Waals surface area contributed by atoms with Crippen molar-refractivity contribution in [3.63, 3.8) is 0 Å². The molecule has 0 saturated carbocycles. The Hall–Kier alpha value is -3.93. The highest BCUT2D eigenvalue weighted by molar-refractivity contribution is 6.23. The van der Waals surface area contributed by atoms with Crippen LogP contribution in [0.15, 0.2) is 72.8 Å². The fourth-order valence-corrected chi connectivity index (χ4v) is 3.31. The van der Waals surface area contributed by atoms with Crippen LogP contribution in [-0.2, 0) is 6.61 Å². The number of methoxy groups -OCH3 is 1. The first-order valence-corrected chi connectivity index (χ1v) is 9.41. The summed E-state index contributed by atoms with van der Waals surface area (Å²) in [5.74, 6) is -0.382. The van der Waals surface area contributed by atoms with Gasteiger partial charge < -0.3 is 9.47 Å². The molecular weight excluding hydrogens is 382 g/mol. The first kappa shape index (κ1) is 19.4. The molecule has 3 aromatic rings. The third-order valence-corrected chi connectivity index (χ3v) is 4.90. The zero-order chi connectivity index (χ0) is 21.1. The lowest BCUT2D eigenvalue weighted by Gasteiger charge is -2.15. The molecule has 0 spiro atoms. The molecule has 6 heteroatoms. The van der Waals surface area contributed by atoms with Gasteiger partial charge in [0.2, 0.25) is 0 Å². The summed E-state index contributed by atoms with van der Waals surface area (Å²) < 4.78 is 11.2. The highest BCUT2D eigenvalue weighted by Gasteiger charge is 2.36. The number of rotatable bonds is 7. The standard InChI is InChI=1S/C24H19NO5/c1-29-22-13-17(11-12-21(22)30-15-16-7-3-2-4-8-16)20(26)14-25-23(27)18-9-5-6-10-19(18)24(25)28/h2-13H,14-15H2,1H3. The van der Waals surface area contributed by atoms with Gasteiger partial charge in [-0.15, -0.1) is 0 Å². The fourth-order valence-electron chi connectivity index (χ4n) is 3.31. The third-order valence-electron chi connectivity index (χ3n) is 4.90. The number of ketones is 1. The molecule has 0 radical (unpaired) electrons. The molecule has 1 aliphatic rings. The number of hydrogen-bond donors (Lipinski definition) is 0. The van der Waals surface area contributed by atoms with Gasteiger partial charge in [-0.3, -0.25) is 19.3 Å². The van der Waals surface area contributed by atoms with Crippen molar-refractivity contribution in [3.05, 3.63) is 95.1 Å². The van der Waals surface area contributed by atoms with E-state index in [0.717, 1.165) is 10.5 Å². The largest absolute Gasteiger partial charge is 0.493 e. The van der Waals surface area contributed by atoms with Crippen LogP contribution in [-0.4, -0.2) is 36.2 Å². The zero-order valence-electron chi connectivity index (χ0n) is 16.3. The van der Waals surface area contributed by atoms with Gasteiger partial charge in [0.05, 0.1) is 24.8 Å². The van der Waals surface area contributed by atoms with Gasteiger partial charge in [0.25, 0.3) is 11.8 Å². The lowest BCUT2D eigenvalue weighted by atomic mass is 10.1. The van der Waals surface area contributed by atoms with E-state index in [4.69, 9.17) is 9.47 Å². The maximum absolute atomic E-state index is 12.8. The Bertz CT molecular complexity index is 1090. The van der Waals surface area contributed by atoms with Gasteiger partial charge in [-0.2, -0.15) is 0 Å². The Morgan fingerprint density at radius 2 is 1.47 bits per heavy atom. The molecule has 3 aromatic carbocycles. The smallest absolute Gasteiger partial charge is 0.261 e. The number of ether oxygens (including phenoxy) is 2. The highest BCUT2D eigenvalue weighted by atomic mass is 16.5. The van der Waals surface area contributed by atoms with Crippen molar-refractivity contribution in [2.75, 3.05) is 13.7 Å². The number of fused-ring (bicyclic) bond motifs is 1. The average molecular weight is 401 g/mol. The number of carbonyl (C=O) groups excluding carboxylic acids is 3. The summed E-state index contributed by atoms with van der Waals surface area (Å²) in [5, 5.41) is 0. The van der Waals surface area contributed by atoms with Crippen molar-refractivity contribution >= 4 is 17.6 Å². The van der Waals surface area contributed by atoms with E-state index in [9.17, 15) is 14.4 Å². The van der Waals surface area contributed by atoms with Crippen LogP contribution in [0.25, 0.3) is 0 Å². The van der Waals surface area contributed by atoms with Crippen LogP contribution in [0.1, 0.15) is 36.6 Å². The van der Waals surface area contributed by atoms with Crippen molar-refractivity contribution < 1.29 is 23.9 Å². The van der Waals surface area contributed by atoms with Crippen LogP contribution in [0.5, 0.6) is 11.5 Å². The first-order valence-electron chi connectivity index (χ1n) is 9.41. The summed E-state index contributed by atoms with van der Waals surface area (Å²) in [4.78, 5) is 38.7. The van der Waals surface area contributed by atoms with Gasteiger partial charge >= 0.3 is 0 Å². The normalized spacial score (nSPS) is 12.6. The van der Waals surface area contributed by atoms with Crippen LogP contribution in [0.3, 0.4) is 0 Å². The Kier molecular flexibility index (Phi) is 5.30. The van der Waals surface area contributed by atoms with Gasteiger partial charge in [0.1, 0.15) is 6.61 Å². The SMILES string of the molecule is COc1cc(C(=O)CN2C(=O)c3ccccc3C2=O)ccc1OCc1ccccc1. The summed E-state index contributed by atoms with van der Waals surface area (Å²) >= 11 is 0. The van der Waals surface area contributed by atoms with Crippen LogP contribution in [0.4, 0.5) is 0 Å². The lowest BCUT2D eigenvalue weighted by molar-refractivity contribution is 0.0624. The Morgan fingerprint density at radius 3 is 2.10 bits per heavy atom. The molecule has 1 aliphatic heterocycles. The molecule has 0 bridgehead atoms. The van der Waals surface area contributed by atoms with E-state index in [2.05, 4.69) is 0 Å². The molecule has 6 nitrogen and oxygen atoms in total. The van der Waals surface area contributed by atoms with Crippen LogP contribution in [0.2, 0.25) is 0 Å². The second-order valence-corrected chi connectivity index (χ2v) is 6.81. The lowest BCUT2D eigenvalue weighted by Crippen LogP contribution is -2.34. The van der Waals surface area contributed by atoms with Crippen molar-refractivity contribution in [2.24, 2.45) is 0 Å². The van der Waals surface area contributed by atoms with Crippen LogP contribution >= 0.6 is 0 Å². The summed E-state index contributed by atoms with van der Waals surface area (Å²) in [7, 11) is 1.49. The third kappa shape index (κ3) is 3.67. The Morgan fingerprint density at radius 1 is 0.833 bits per heavy atom. The molecule has 0 aliphatic carbocycles. The summed E-state index contributed by atoms with van der Waals surface area (Å²) in [6, 6.07) is 21.0. The maximum atomic E-state index is 12.8. The van der Waals surface area contributed by atoms with E-state index in [1.165, 1.54) is 7.11 Å². The second-order valence-electron chi connectivity index (χ2n) is 6.81. The molecule has 1 heterocycles. The van der Waals surface area contributed by atoms with Crippen LogP contribution in [0, 0.1) is 0 Å². The number of amides is 2. The van der Waals surface area contributed by atoms with Crippen molar-refractivity contribution in [1.82, 2.24) is 4.90 Å². The number of carbonyl (C=O) groups is 3. The van der Waals surface area contributed by atoms with Crippen molar-refractivity contribution in [3.8, 4) is 11.5 Å². The fraction of sp³-hybridized carbons (Fsp3) is 0.125. The first-order chi connectivity index (χ1) is 14.6. The van der Waals surface area contributed by atoms with Gasteiger partial charge in [-0.05, 0) is 35.9 Å². The monoisotopic (exact) mass is 401 g/mol. The number of nitrogens with zero attached hydrogens (tertiary/aromatic N) is 1. The van der Waals surface area contributed by atoms with E-state index in [1.54, 1.807) is 42.5 Å². The Labute approximate surface area is 173 Å². The molecular formula is C24H19NO5.